The Balaban J connectivity index is 1.49. The van der Waals surface area contributed by atoms with E-state index in [1.165, 1.54) is 10.4 Å². The topological polar surface area (TPSA) is 91.5 Å². The molecule has 0 unspecified atom stereocenters. The molecule has 0 radical (unpaired) electrons. The zero-order chi connectivity index (χ0) is 22.6. The molecule has 1 amide bonds. The molecule has 1 aliphatic rings. The Kier molecular flexibility index (Phi) is 6.81. The van der Waals surface area contributed by atoms with Gasteiger partial charge in [0.25, 0.3) is 0 Å². The Bertz CT molecular complexity index is 1200. The van der Waals surface area contributed by atoms with Crippen molar-refractivity contribution in [1.29, 1.82) is 0 Å². The van der Waals surface area contributed by atoms with Crippen molar-refractivity contribution in [3.05, 3.63) is 54.2 Å². The Morgan fingerprint density at radius 1 is 1.12 bits per heavy atom. The number of nitrogens with zero attached hydrogens (tertiary/aromatic N) is 1. The number of aromatic nitrogens is 1. The van der Waals surface area contributed by atoms with Crippen LogP contribution in [0.5, 0.6) is 5.75 Å². The van der Waals surface area contributed by atoms with Crippen molar-refractivity contribution < 1.29 is 17.9 Å². The third kappa shape index (κ3) is 4.81. The predicted octanol–water partition coefficient (Wildman–Crippen LogP) is 4.31. The quantitative estimate of drug-likeness (QED) is 0.529. The normalized spacial score (nSPS) is 15.0. The Hall–Kier alpha value is -2.84. The number of para-hydroxylation sites is 1. The highest BCUT2D eigenvalue weighted by molar-refractivity contribution is 7.89. The molecule has 1 saturated heterocycles. The summed E-state index contributed by atoms with van der Waals surface area (Å²) in [5, 5.41) is 3.96. The van der Waals surface area contributed by atoms with Crippen LogP contribution in [0, 0.1) is 0 Å². The maximum atomic E-state index is 13.3. The number of rotatable bonds is 8. The standard InChI is InChI=1S/C24H29N3O4S/c1-2-31-22-12-11-19(16-23(22)32(29,30)27-14-6-3-7-15-27)26-24(28)13-10-18-17-25-21-9-5-4-8-20(18)21/h4-5,8-9,11-12,16-17,25H,2-3,6-7,10,13-15H2,1H3,(H,26,28). The number of carbonyl (C=O) groups excluding carboxylic acids is 1. The lowest BCUT2D eigenvalue weighted by atomic mass is 10.1. The molecule has 8 heteroatoms. The molecule has 7 nitrogen and oxygen atoms in total. The molecule has 2 aromatic carbocycles. The van der Waals surface area contributed by atoms with E-state index in [2.05, 4.69) is 10.3 Å². The lowest BCUT2D eigenvalue weighted by Crippen LogP contribution is -2.35. The molecule has 0 atom stereocenters. The van der Waals surface area contributed by atoms with Crippen molar-refractivity contribution in [2.75, 3.05) is 25.0 Å². The van der Waals surface area contributed by atoms with Crippen molar-refractivity contribution in [3.8, 4) is 5.75 Å². The van der Waals surface area contributed by atoms with Gasteiger partial charge in [-0.15, -0.1) is 0 Å². The van der Waals surface area contributed by atoms with Crippen LogP contribution in [0.3, 0.4) is 0 Å². The van der Waals surface area contributed by atoms with Crippen molar-refractivity contribution in [3.63, 3.8) is 0 Å². The van der Waals surface area contributed by atoms with Gasteiger partial charge in [0.2, 0.25) is 15.9 Å². The lowest BCUT2D eigenvalue weighted by molar-refractivity contribution is -0.116. The monoisotopic (exact) mass is 455 g/mol. The van der Waals surface area contributed by atoms with Crippen LogP contribution in [0.1, 0.15) is 38.2 Å². The van der Waals surface area contributed by atoms with Gasteiger partial charge in [-0.1, -0.05) is 24.6 Å². The first-order valence-corrected chi connectivity index (χ1v) is 12.5. The zero-order valence-electron chi connectivity index (χ0n) is 18.3. The molecular weight excluding hydrogens is 426 g/mol. The first-order valence-electron chi connectivity index (χ1n) is 11.1. The number of ether oxygens (including phenoxy) is 1. The molecule has 4 rings (SSSR count). The first-order chi connectivity index (χ1) is 15.5. The van der Waals surface area contributed by atoms with Gasteiger partial charge >= 0.3 is 0 Å². The minimum atomic E-state index is -3.69. The van der Waals surface area contributed by atoms with Gasteiger partial charge in [-0.05, 0) is 56.0 Å². The molecule has 0 spiro atoms. The summed E-state index contributed by atoms with van der Waals surface area (Å²) < 4.78 is 33.6. The third-order valence-corrected chi connectivity index (χ3v) is 7.68. The van der Waals surface area contributed by atoms with Crippen LogP contribution in [0.25, 0.3) is 10.9 Å². The Labute approximate surface area is 188 Å². The minimum absolute atomic E-state index is 0.107. The number of carbonyl (C=O) groups is 1. The number of anilines is 1. The molecule has 2 N–H and O–H groups in total. The summed E-state index contributed by atoms with van der Waals surface area (Å²) in [6.07, 6.45) is 5.56. The van der Waals surface area contributed by atoms with Crippen molar-refractivity contribution in [2.45, 2.75) is 43.9 Å². The number of benzene rings is 2. The molecule has 1 aromatic heterocycles. The van der Waals surface area contributed by atoms with Crippen LogP contribution in [0.15, 0.2) is 53.6 Å². The number of nitrogens with one attached hydrogen (secondary N) is 2. The SMILES string of the molecule is CCOc1ccc(NC(=O)CCc2c[nH]c3ccccc23)cc1S(=O)(=O)N1CCCCC1. The van der Waals surface area contributed by atoms with E-state index >= 15 is 0 Å². The van der Waals surface area contributed by atoms with Crippen LogP contribution in [0.4, 0.5) is 5.69 Å². The summed E-state index contributed by atoms with van der Waals surface area (Å²) in [5.41, 5.74) is 2.57. The number of amides is 1. The second-order valence-corrected chi connectivity index (χ2v) is 9.87. The number of fused-ring (bicyclic) bond motifs is 1. The van der Waals surface area contributed by atoms with Crippen molar-refractivity contribution in [1.82, 2.24) is 9.29 Å². The molecule has 0 saturated carbocycles. The molecule has 0 bridgehead atoms. The third-order valence-electron chi connectivity index (χ3n) is 5.76. The van der Waals surface area contributed by atoms with Gasteiger partial charge in [-0.2, -0.15) is 4.31 Å². The van der Waals surface area contributed by atoms with Gasteiger partial charge in [-0.3, -0.25) is 4.79 Å². The summed E-state index contributed by atoms with van der Waals surface area (Å²) in [4.78, 5) is 15.9. The van der Waals surface area contributed by atoms with Crippen molar-refractivity contribution >= 4 is 32.5 Å². The Morgan fingerprint density at radius 2 is 1.91 bits per heavy atom. The van der Waals surface area contributed by atoms with Crippen LogP contribution >= 0.6 is 0 Å². The van der Waals surface area contributed by atoms with E-state index in [1.54, 1.807) is 12.1 Å². The molecule has 1 fully saturated rings. The van der Waals surface area contributed by atoms with Gasteiger partial charge in [0.1, 0.15) is 10.6 Å². The fraction of sp³-hybridized carbons (Fsp3) is 0.375. The highest BCUT2D eigenvalue weighted by Crippen LogP contribution is 2.31. The molecule has 32 heavy (non-hydrogen) atoms. The molecule has 1 aliphatic heterocycles. The molecule has 170 valence electrons. The average molecular weight is 456 g/mol. The van der Waals surface area contributed by atoms with Crippen molar-refractivity contribution in [2.24, 2.45) is 0 Å². The molecule has 0 aliphatic carbocycles. The van der Waals surface area contributed by atoms with E-state index in [0.29, 0.717) is 44.0 Å². The second-order valence-electron chi connectivity index (χ2n) is 7.97. The van der Waals surface area contributed by atoms with E-state index < -0.39 is 10.0 Å². The smallest absolute Gasteiger partial charge is 0.246 e. The van der Waals surface area contributed by atoms with Gasteiger partial charge in [0.15, 0.2) is 0 Å². The van der Waals surface area contributed by atoms with Gasteiger partial charge in [0, 0.05) is 42.3 Å². The summed E-state index contributed by atoms with van der Waals surface area (Å²) in [5.74, 6) is 0.149. The summed E-state index contributed by atoms with van der Waals surface area (Å²) in [7, 11) is -3.69. The number of aromatic amines is 1. The van der Waals surface area contributed by atoms with Crippen LogP contribution in [-0.2, 0) is 21.2 Å². The fourth-order valence-electron chi connectivity index (χ4n) is 4.12. The predicted molar refractivity (Wildman–Crippen MR) is 125 cm³/mol. The van der Waals surface area contributed by atoms with Crippen LogP contribution in [-0.4, -0.2) is 43.3 Å². The highest BCUT2D eigenvalue weighted by Gasteiger charge is 2.29. The Morgan fingerprint density at radius 3 is 2.69 bits per heavy atom. The fourth-order valence-corrected chi connectivity index (χ4v) is 5.79. The van der Waals surface area contributed by atoms with Gasteiger partial charge in [0.05, 0.1) is 6.61 Å². The van der Waals surface area contributed by atoms with E-state index in [0.717, 1.165) is 35.7 Å². The minimum Gasteiger partial charge on any atom is -0.492 e. The number of hydrogen-bond acceptors (Lipinski definition) is 4. The largest absolute Gasteiger partial charge is 0.492 e. The lowest BCUT2D eigenvalue weighted by Gasteiger charge is -2.27. The second kappa shape index (κ2) is 9.75. The number of piperidine rings is 1. The van der Waals surface area contributed by atoms with Gasteiger partial charge in [-0.25, -0.2) is 8.42 Å². The van der Waals surface area contributed by atoms with Crippen LogP contribution in [0.2, 0.25) is 0 Å². The number of aryl methyl sites for hydroxylation is 1. The maximum absolute atomic E-state index is 13.3. The average Bonchev–Trinajstić information content (AvgIpc) is 3.22. The maximum Gasteiger partial charge on any atom is 0.246 e. The highest BCUT2D eigenvalue weighted by atomic mass is 32.2. The van der Waals surface area contributed by atoms with E-state index in [4.69, 9.17) is 4.74 Å². The summed E-state index contributed by atoms with van der Waals surface area (Å²) in [6, 6.07) is 12.8. The zero-order valence-corrected chi connectivity index (χ0v) is 19.1. The van der Waals surface area contributed by atoms with Gasteiger partial charge < -0.3 is 15.0 Å². The van der Waals surface area contributed by atoms with Crippen LogP contribution < -0.4 is 10.1 Å². The molecule has 3 aromatic rings. The van der Waals surface area contributed by atoms with E-state index in [-0.39, 0.29) is 10.8 Å². The molecule has 2 heterocycles. The number of hydrogen-bond donors (Lipinski definition) is 2. The number of sulfonamides is 1. The van der Waals surface area contributed by atoms with E-state index in [9.17, 15) is 13.2 Å². The summed E-state index contributed by atoms with van der Waals surface area (Å²) >= 11 is 0. The van der Waals surface area contributed by atoms with E-state index in [1.807, 2.05) is 37.4 Å². The summed E-state index contributed by atoms with van der Waals surface area (Å²) in [6.45, 7) is 3.20. The number of H-pyrrole nitrogens is 1. The molecular formula is C24H29N3O4S. The first kappa shape index (κ1) is 22.4.